The van der Waals surface area contributed by atoms with E-state index >= 15 is 0 Å². The lowest BCUT2D eigenvalue weighted by atomic mass is 10.00. The maximum Gasteiger partial charge on any atom is 0.254 e. The van der Waals surface area contributed by atoms with Crippen LogP contribution in [-0.2, 0) is 6.42 Å². The second kappa shape index (κ2) is 10.1. The molecular weight excluding hydrogens is 443 g/mol. The lowest BCUT2D eigenvalue weighted by molar-refractivity contribution is 0.0798. The van der Waals surface area contributed by atoms with Gasteiger partial charge in [-0.2, -0.15) is 0 Å². The summed E-state index contributed by atoms with van der Waals surface area (Å²) in [4.78, 5) is 19.9. The lowest BCUT2D eigenvalue weighted by Gasteiger charge is -2.19. The normalized spacial score (nSPS) is 10.9. The Bertz CT molecular complexity index is 1400. The van der Waals surface area contributed by atoms with Crippen LogP contribution in [0.15, 0.2) is 60.7 Å². The van der Waals surface area contributed by atoms with Crippen LogP contribution >= 0.6 is 0 Å². The van der Waals surface area contributed by atoms with Gasteiger partial charge in [-0.15, -0.1) is 0 Å². The Hall–Kier alpha value is -3.93. The number of benzene rings is 3. The average Bonchev–Trinajstić information content (AvgIpc) is 2.87. The van der Waals surface area contributed by atoms with E-state index in [-0.39, 0.29) is 5.91 Å². The molecular formula is C29H29FN2O3. The van der Waals surface area contributed by atoms with Crippen molar-refractivity contribution in [2.75, 3.05) is 27.8 Å². The summed E-state index contributed by atoms with van der Waals surface area (Å²) in [7, 11) is 4.94. The van der Waals surface area contributed by atoms with Crippen molar-refractivity contribution in [2.24, 2.45) is 0 Å². The molecule has 0 aliphatic heterocycles. The predicted octanol–water partition coefficient (Wildman–Crippen LogP) is 5.99. The van der Waals surface area contributed by atoms with Crippen molar-refractivity contribution in [3.8, 4) is 22.8 Å². The molecule has 1 aromatic heterocycles. The summed E-state index contributed by atoms with van der Waals surface area (Å²) in [6.07, 6.45) is 0.629. The van der Waals surface area contributed by atoms with Crippen molar-refractivity contribution >= 4 is 16.8 Å². The molecule has 0 spiro atoms. The number of halogens is 1. The Morgan fingerprint density at radius 1 is 0.914 bits per heavy atom. The van der Waals surface area contributed by atoms with Crippen LogP contribution in [0.3, 0.4) is 0 Å². The number of rotatable bonds is 7. The molecule has 0 bridgehead atoms. The van der Waals surface area contributed by atoms with Crippen LogP contribution in [-0.4, -0.2) is 43.6 Å². The summed E-state index contributed by atoms with van der Waals surface area (Å²) in [6, 6.07) is 17.9. The first-order valence-corrected chi connectivity index (χ1v) is 11.4. The summed E-state index contributed by atoms with van der Waals surface area (Å²) >= 11 is 0. The van der Waals surface area contributed by atoms with Crippen molar-refractivity contribution in [3.63, 3.8) is 0 Å². The molecule has 0 saturated carbocycles. The second-order valence-electron chi connectivity index (χ2n) is 8.68. The molecule has 5 nitrogen and oxygen atoms in total. The van der Waals surface area contributed by atoms with Crippen molar-refractivity contribution in [2.45, 2.75) is 20.3 Å². The van der Waals surface area contributed by atoms with Crippen LogP contribution in [0.2, 0.25) is 0 Å². The minimum absolute atomic E-state index is 0.187. The van der Waals surface area contributed by atoms with Crippen molar-refractivity contribution in [1.29, 1.82) is 0 Å². The molecule has 180 valence electrons. The Morgan fingerprint density at radius 3 is 2.40 bits per heavy atom. The van der Waals surface area contributed by atoms with Crippen molar-refractivity contribution in [3.05, 3.63) is 88.7 Å². The monoisotopic (exact) mass is 472 g/mol. The standard InChI is InChI=1S/C29H29FN2O3/c1-18-6-8-21(14-19(18)2)26-17-24(23-16-22(30)9-10-25(23)31-26)29(33)32(3)13-12-20-7-11-27(34-4)28(15-20)35-5/h6-11,14-17H,12-13H2,1-5H3. The number of hydrogen-bond donors (Lipinski definition) is 0. The van der Waals surface area contributed by atoms with Crippen LogP contribution < -0.4 is 9.47 Å². The number of nitrogens with zero attached hydrogens (tertiary/aromatic N) is 2. The molecule has 0 saturated heterocycles. The average molecular weight is 473 g/mol. The summed E-state index contributed by atoms with van der Waals surface area (Å²) < 4.78 is 24.8. The number of carbonyl (C=O) groups is 1. The van der Waals surface area contributed by atoms with Gasteiger partial charge in [0.2, 0.25) is 0 Å². The van der Waals surface area contributed by atoms with Crippen molar-refractivity contribution in [1.82, 2.24) is 9.88 Å². The molecule has 3 aromatic carbocycles. The zero-order valence-corrected chi connectivity index (χ0v) is 20.7. The highest BCUT2D eigenvalue weighted by molar-refractivity contribution is 6.07. The minimum atomic E-state index is -0.403. The molecule has 0 N–H and O–H groups in total. The van der Waals surface area contributed by atoms with E-state index in [1.165, 1.54) is 17.7 Å². The van der Waals surface area contributed by atoms with Crippen LogP contribution in [0.25, 0.3) is 22.2 Å². The van der Waals surface area contributed by atoms with Crippen LogP contribution in [0.5, 0.6) is 11.5 Å². The molecule has 0 radical (unpaired) electrons. The van der Waals surface area contributed by atoms with Gasteiger partial charge in [-0.1, -0.05) is 18.2 Å². The van der Waals surface area contributed by atoms with E-state index in [0.29, 0.717) is 46.6 Å². The number of amides is 1. The van der Waals surface area contributed by atoms with Gasteiger partial charge >= 0.3 is 0 Å². The van der Waals surface area contributed by atoms with Gasteiger partial charge < -0.3 is 14.4 Å². The molecule has 0 aliphatic rings. The van der Waals surface area contributed by atoms with E-state index in [1.807, 2.05) is 37.3 Å². The molecule has 0 aliphatic carbocycles. The van der Waals surface area contributed by atoms with E-state index in [2.05, 4.69) is 13.0 Å². The summed E-state index contributed by atoms with van der Waals surface area (Å²) in [5.41, 5.74) is 5.96. The first kappa shape index (κ1) is 24.2. The number of likely N-dealkylation sites (N-methyl/N-ethyl adjacent to an activating group) is 1. The first-order chi connectivity index (χ1) is 16.8. The minimum Gasteiger partial charge on any atom is -0.493 e. The van der Waals surface area contributed by atoms with Crippen LogP contribution in [0, 0.1) is 19.7 Å². The fourth-order valence-electron chi connectivity index (χ4n) is 4.06. The zero-order chi connectivity index (χ0) is 25.1. The first-order valence-electron chi connectivity index (χ1n) is 11.4. The van der Waals surface area contributed by atoms with E-state index in [9.17, 15) is 9.18 Å². The molecule has 0 unspecified atom stereocenters. The molecule has 35 heavy (non-hydrogen) atoms. The predicted molar refractivity (Wildman–Crippen MR) is 137 cm³/mol. The molecule has 1 amide bonds. The topological polar surface area (TPSA) is 51.7 Å². The fraction of sp³-hybridized carbons (Fsp3) is 0.241. The van der Waals surface area contributed by atoms with Gasteiger partial charge in [0.25, 0.3) is 5.91 Å². The zero-order valence-electron chi connectivity index (χ0n) is 20.7. The quantitative estimate of drug-likeness (QED) is 0.332. The summed E-state index contributed by atoms with van der Waals surface area (Å²) in [5, 5.41) is 0.501. The Labute approximate surface area is 205 Å². The number of methoxy groups -OCH3 is 2. The Kier molecular flexibility index (Phi) is 7.01. The van der Waals surface area contributed by atoms with Gasteiger partial charge in [0.05, 0.1) is 31.0 Å². The molecule has 6 heteroatoms. The highest BCUT2D eigenvalue weighted by Gasteiger charge is 2.19. The number of carbonyl (C=O) groups excluding carboxylic acids is 1. The smallest absolute Gasteiger partial charge is 0.254 e. The number of aromatic nitrogens is 1. The molecule has 4 aromatic rings. The van der Waals surface area contributed by atoms with Gasteiger partial charge in [0.1, 0.15) is 5.82 Å². The summed E-state index contributed by atoms with van der Waals surface area (Å²) in [6.45, 7) is 4.58. The number of ether oxygens (including phenoxy) is 2. The molecule has 1 heterocycles. The highest BCUT2D eigenvalue weighted by Crippen LogP contribution is 2.29. The molecule has 0 fully saturated rings. The maximum atomic E-state index is 14.1. The second-order valence-corrected chi connectivity index (χ2v) is 8.68. The number of hydrogen-bond acceptors (Lipinski definition) is 4. The van der Waals surface area contributed by atoms with Crippen molar-refractivity contribution < 1.29 is 18.7 Å². The third-order valence-corrected chi connectivity index (χ3v) is 6.33. The van der Waals surface area contributed by atoms with Gasteiger partial charge in [-0.25, -0.2) is 9.37 Å². The molecule has 0 atom stereocenters. The third kappa shape index (κ3) is 5.11. The summed E-state index contributed by atoms with van der Waals surface area (Å²) in [5.74, 6) is 0.714. The number of fused-ring (bicyclic) bond motifs is 1. The number of aryl methyl sites for hydroxylation is 2. The van der Waals surface area contributed by atoms with Gasteiger partial charge in [0.15, 0.2) is 11.5 Å². The molecule has 4 rings (SSSR count). The van der Waals surface area contributed by atoms with Gasteiger partial charge in [-0.3, -0.25) is 4.79 Å². The fourth-order valence-corrected chi connectivity index (χ4v) is 4.06. The van der Waals surface area contributed by atoms with Crippen LogP contribution in [0.1, 0.15) is 27.0 Å². The SMILES string of the molecule is COc1ccc(CCN(C)C(=O)c2cc(-c3ccc(C)c(C)c3)nc3ccc(F)cc23)cc1OC. The van der Waals surface area contributed by atoms with E-state index < -0.39 is 5.82 Å². The third-order valence-electron chi connectivity index (χ3n) is 6.33. The lowest BCUT2D eigenvalue weighted by Crippen LogP contribution is -2.29. The van der Waals surface area contributed by atoms with Gasteiger partial charge in [-0.05, 0) is 79.4 Å². The highest BCUT2D eigenvalue weighted by atomic mass is 19.1. The number of pyridine rings is 1. The van der Waals surface area contributed by atoms with E-state index in [0.717, 1.165) is 16.7 Å². The van der Waals surface area contributed by atoms with Crippen LogP contribution in [0.4, 0.5) is 4.39 Å². The maximum absolute atomic E-state index is 14.1. The Morgan fingerprint density at radius 2 is 1.69 bits per heavy atom. The largest absolute Gasteiger partial charge is 0.493 e. The van der Waals surface area contributed by atoms with Gasteiger partial charge in [0, 0.05) is 24.5 Å². The van der Waals surface area contributed by atoms with E-state index in [4.69, 9.17) is 14.5 Å². The Balaban J connectivity index is 1.66. The van der Waals surface area contributed by atoms with E-state index in [1.54, 1.807) is 38.3 Å².